The molecule has 0 saturated heterocycles. The number of ether oxygens (including phenoxy) is 2. The average Bonchev–Trinajstić information content (AvgIpc) is 3.08. The molecule has 1 unspecified atom stereocenters. The molecule has 0 radical (unpaired) electrons. The minimum atomic E-state index is -0.324. The first-order valence-corrected chi connectivity index (χ1v) is 9.98. The number of aliphatic imine (C=N–C) groups is 1. The van der Waals surface area contributed by atoms with E-state index in [9.17, 15) is 4.79 Å². The van der Waals surface area contributed by atoms with Crippen molar-refractivity contribution in [3.8, 4) is 0 Å². The van der Waals surface area contributed by atoms with Gasteiger partial charge in [-0.05, 0) is 31.9 Å². The molecule has 1 aromatic heterocycles. The highest BCUT2D eigenvalue weighted by atomic mass is 32.1. The van der Waals surface area contributed by atoms with Gasteiger partial charge in [-0.3, -0.25) is 4.99 Å². The molecule has 2 rings (SSSR count). The van der Waals surface area contributed by atoms with Gasteiger partial charge in [0, 0.05) is 20.7 Å². The van der Waals surface area contributed by atoms with Crippen LogP contribution in [0.1, 0.15) is 51.4 Å². The molecule has 7 nitrogen and oxygen atoms in total. The van der Waals surface area contributed by atoms with Crippen LogP contribution in [0.15, 0.2) is 29.3 Å². The van der Waals surface area contributed by atoms with E-state index in [-0.39, 0.29) is 12.0 Å². The Morgan fingerprint density at radius 2 is 1.96 bits per heavy atom. The molecule has 0 saturated carbocycles. The second kappa shape index (κ2) is 10.8. The van der Waals surface area contributed by atoms with E-state index in [0.717, 1.165) is 16.1 Å². The predicted octanol–water partition coefficient (Wildman–Crippen LogP) is 3.20. The van der Waals surface area contributed by atoms with Crippen molar-refractivity contribution in [3.63, 3.8) is 0 Å². The van der Waals surface area contributed by atoms with E-state index >= 15 is 0 Å². The van der Waals surface area contributed by atoms with E-state index in [1.807, 2.05) is 13.8 Å². The van der Waals surface area contributed by atoms with Crippen molar-refractivity contribution < 1.29 is 14.3 Å². The second-order valence-corrected chi connectivity index (χ2v) is 7.26. The van der Waals surface area contributed by atoms with E-state index in [0.29, 0.717) is 36.3 Å². The van der Waals surface area contributed by atoms with Gasteiger partial charge in [0.2, 0.25) is 0 Å². The summed E-state index contributed by atoms with van der Waals surface area (Å²) in [6.07, 6.45) is 0. The number of nitrogens with zero attached hydrogens (tertiary/aromatic N) is 2. The van der Waals surface area contributed by atoms with Gasteiger partial charge < -0.3 is 20.1 Å². The SMILES string of the molecule is CCOC(=O)c1sc(C(C)NC(=NC)NCc2ccc(COC)cc2)nc1C. The molecule has 2 N–H and O–H groups in total. The fourth-order valence-electron chi connectivity index (χ4n) is 2.56. The molecule has 1 aromatic carbocycles. The molecule has 0 aliphatic rings. The number of methoxy groups -OCH3 is 1. The Morgan fingerprint density at radius 1 is 1.29 bits per heavy atom. The monoisotopic (exact) mass is 404 g/mol. The molecule has 0 amide bonds. The number of carbonyl (C=O) groups is 1. The van der Waals surface area contributed by atoms with Crippen LogP contribution in [0.2, 0.25) is 0 Å². The highest BCUT2D eigenvalue weighted by Crippen LogP contribution is 2.24. The molecule has 152 valence electrons. The summed E-state index contributed by atoms with van der Waals surface area (Å²) in [6, 6.07) is 8.13. The van der Waals surface area contributed by atoms with Crippen molar-refractivity contribution in [3.05, 3.63) is 51.0 Å². The van der Waals surface area contributed by atoms with Crippen LogP contribution < -0.4 is 10.6 Å². The number of esters is 1. The standard InChI is InChI=1S/C20H28N4O3S/c1-6-27-19(25)17-13(2)23-18(28-17)14(3)24-20(21-4)22-11-15-7-9-16(10-8-15)12-26-5/h7-10,14H,6,11-12H2,1-5H3,(H2,21,22,24). The second-order valence-electron chi connectivity index (χ2n) is 6.23. The Kier molecular flexibility index (Phi) is 8.41. The lowest BCUT2D eigenvalue weighted by molar-refractivity contribution is 0.0531. The number of carbonyl (C=O) groups excluding carboxylic acids is 1. The Balaban J connectivity index is 1.95. The number of thiazole rings is 1. The maximum Gasteiger partial charge on any atom is 0.350 e. The number of rotatable bonds is 8. The van der Waals surface area contributed by atoms with E-state index in [1.165, 1.54) is 11.3 Å². The lowest BCUT2D eigenvalue weighted by Crippen LogP contribution is -2.38. The zero-order valence-corrected chi connectivity index (χ0v) is 17.9. The fraction of sp³-hybridized carbons (Fsp3) is 0.450. The zero-order chi connectivity index (χ0) is 20.5. The maximum absolute atomic E-state index is 12.0. The summed E-state index contributed by atoms with van der Waals surface area (Å²) in [7, 11) is 3.41. The van der Waals surface area contributed by atoms with Crippen LogP contribution in [0.4, 0.5) is 0 Å². The first-order valence-electron chi connectivity index (χ1n) is 9.16. The summed E-state index contributed by atoms with van der Waals surface area (Å²) < 4.78 is 10.2. The Bertz CT molecular complexity index is 802. The van der Waals surface area contributed by atoms with Crippen LogP contribution in [0.25, 0.3) is 0 Å². The number of aromatic nitrogens is 1. The number of guanidine groups is 1. The topological polar surface area (TPSA) is 84.8 Å². The summed E-state index contributed by atoms with van der Waals surface area (Å²) in [5, 5.41) is 7.42. The third kappa shape index (κ3) is 6.03. The normalized spacial score (nSPS) is 12.5. The quantitative estimate of drug-likeness (QED) is 0.399. The molecule has 0 aliphatic carbocycles. The van der Waals surface area contributed by atoms with Gasteiger partial charge in [-0.15, -0.1) is 11.3 Å². The highest BCUT2D eigenvalue weighted by molar-refractivity contribution is 7.13. The van der Waals surface area contributed by atoms with Gasteiger partial charge in [0.15, 0.2) is 5.96 Å². The van der Waals surface area contributed by atoms with Crippen LogP contribution in [-0.4, -0.2) is 37.7 Å². The van der Waals surface area contributed by atoms with E-state index < -0.39 is 0 Å². The molecule has 1 heterocycles. The highest BCUT2D eigenvalue weighted by Gasteiger charge is 2.20. The molecule has 0 spiro atoms. The molecular formula is C20H28N4O3S. The zero-order valence-electron chi connectivity index (χ0n) is 17.0. The summed E-state index contributed by atoms with van der Waals surface area (Å²) in [5.41, 5.74) is 2.97. The van der Waals surface area contributed by atoms with Gasteiger partial charge >= 0.3 is 5.97 Å². The van der Waals surface area contributed by atoms with Crippen LogP contribution in [0.5, 0.6) is 0 Å². The Hall–Kier alpha value is -2.45. The maximum atomic E-state index is 12.0. The third-order valence-corrected chi connectivity index (χ3v) is 5.34. The Labute approximate surface area is 170 Å². The van der Waals surface area contributed by atoms with Crippen LogP contribution in [0, 0.1) is 6.92 Å². The number of nitrogens with one attached hydrogen (secondary N) is 2. The van der Waals surface area contributed by atoms with Gasteiger partial charge in [-0.1, -0.05) is 24.3 Å². The van der Waals surface area contributed by atoms with Crippen LogP contribution >= 0.6 is 11.3 Å². The number of aryl methyl sites for hydroxylation is 1. The smallest absolute Gasteiger partial charge is 0.350 e. The lowest BCUT2D eigenvalue weighted by Gasteiger charge is -2.16. The van der Waals surface area contributed by atoms with Gasteiger partial charge in [-0.25, -0.2) is 9.78 Å². The molecule has 28 heavy (non-hydrogen) atoms. The summed E-state index contributed by atoms with van der Waals surface area (Å²) in [5.74, 6) is 0.342. The van der Waals surface area contributed by atoms with E-state index in [4.69, 9.17) is 9.47 Å². The first kappa shape index (κ1) is 21.8. The number of hydrogen-bond donors (Lipinski definition) is 2. The molecule has 8 heteroatoms. The summed E-state index contributed by atoms with van der Waals surface area (Å²) >= 11 is 1.35. The molecule has 2 aromatic rings. The van der Waals surface area contributed by atoms with E-state index in [1.54, 1.807) is 21.1 Å². The van der Waals surface area contributed by atoms with Crippen LogP contribution in [0.3, 0.4) is 0 Å². The van der Waals surface area contributed by atoms with Crippen molar-refractivity contribution in [2.45, 2.75) is 40.0 Å². The lowest BCUT2D eigenvalue weighted by atomic mass is 10.1. The van der Waals surface area contributed by atoms with Crippen molar-refractivity contribution in [2.75, 3.05) is 20.8 Å². The molecule has 1 atom stereocenters. The van der Waals surface area contributed by atoms with Gasteiger partial charge in [0.05, 0.1) is 24.9 Å². The predicted molar refractivity (Wildman–Crippen MR) is 112 cm³/mol. The number of hydrogen-bond acceptors (Lipinski definition) is 6. The van der Waals surface area contributed by atoms with Crippen molar-refractivity contribution in [1.29, 1.82) is 0 Å². The molecule has 0 bridgehead atoms. The summed E-state index contributed by atoms with van der Waals surface area (Å²) in [4.78, 5) is 21.3. The average molecular weight is 405 g/mol. The summed E-state index contributed by atoms with van der Waals surface area (Å²) in [6.45, 7) is 7.20. The van der Waals surface area contributed by atoms with E-state index in [2.05, 4.69) is 44.9 Å². The van der Waals surface area contributed by atoms with Gasteiger partial charge in [0.1, 0.15) is 9.88 Å². The fourth-order valence-corrected chi connectivity index (χ4v) is 3.52. The third-order valence-electron chi connectivity index (χ3n) is 4.02. The van der Waals surface area contributed by atoms with Crippen molar-refractivity contribution in [1.82, 2.24) is 15.6 Å². The minimum Gasteiger partial charge on any atom is -0.462 e. The first-order chi connectivity index (χ1) is 13.5. The minimum absolute atomic E-state index is 0.0952. The van der Waals surface area contributed by atoms with Gasteiger partial charge in [0.25, 0.3) is 0 Å². The molecule has 0 fully saturated rings. The van der Waals surface area contributed by atoms with Crippen molar-refractivity contribution >= 4 is 23.3 Å². The molecular weight excluding hydrogens is 376 g/mol. The van der Waals surface area contributed by atoms with Crippen LogP contribution in [-0.2, 0) is 22.6 Å². The number of benzene rings is 1. The largest absolute Gasteiger partial charge is 0.462 e. The Morgan fingerprint density at radius 3 is 2.57 bits per heavy atom. The molecule has 0 aliphatic heterocycles. The van der Waals surface area contributed by atoms with Gasteiger partial charge in [-0.2, -0.15) is 0 Å². The van der Waals surface area contributed by atoms with Crippen molar-refractivity contribution in [2.24, 2.45) is 4.99 Å².